The molecule has 0 aliphatic heterocycles. The van der Waals surface area contributed by atoms with Crippen LogP contribution in [0.2, 0.25) is 0 Å². The lowest BCUT2D eigenvalue weighted by Gasteiger charge is -2.04. The zero-order valence-electron chi connectivity index (χ0n) is 15.5. The molecular formula is C26H16N2S. The molecular weight excluding hydrogens is 372 g/mol. The van der Waals surface area contributed by atoms with Gasteiger partial charge in [0.05, 0.1) is 0 Å². The van der Waals surface area contributed by atoms with Crippen LogP contribution in [0.5, 0.6) is 0 Å². The standard InChI is InChI=1S/C26H16N2S/c1-2-6-18-14-23(12-9-17(18)5-1)26-27-25(28-29-26)22-11-10-21-13-19-7-3-4-8-20(19)15-24(21)16-22/h1-16H. The van der Waals surface area contributed by atoms with Gasteiger partial charge in [-0.05, 0) is 68.1 Å². The van der Waals surface area contributed by atoms with Gasteiger partial charge in [0.15, 0.2) is 5.82 Å². The van der Waals surface area contributed by atoms with Crippen molar-refractivity contribution in [1.82, 2.24) is 9.36 Å². The van der Waals surface area contributed by atoms with Gasteiger partial charge in [-0.1, -0.05) is 72.8 Å². The summed E-state index contributed by atoms with van der Waals surface area (Å²) in [5, 5.41) is 8.37. The molecule has 1 aromatic heterocycles. The fourth-order valence-corrected chi connectivity index (χ4v) is 4.54. The molecule has 0 aliphatic rings. The molecule has 1 heterocycles. The fraction of sp³-hybridized carbons (Fsp3) is 0. The third-order valence-electron chi connectivity index (χ3n) is 5.39. The molecule has 5 aromatic carbocycles. The first kappa shape index (κ1) is 16.4. The average Bonchev–Trinajstić information content (AvgIpc) is 3.27. The predicted molar refractivity (Wildman–Crippen MR) is 123 cm³/mol. The van der Waals surface area contributed by atoms with Crippen molar-refractivity contribution in [3.8, 4) is 22.0 Å². The number of hydrogen-bond acceptors (Lipinski definition) is 3. The predicted octanol–water partition coefficient (Wildman–Crippen LogP) is 7.33. The van der Waals surface area contributed by atoms with Crippen molar-refractivity contribution in [2.75, 3.05) is 0 Å². The second kappa shape index (κ2) is 6.50. The number of fused-ring (bicyclic) bond motifs is 3. The Balaban J connectivity index is 1.42. The van der Waals surface area contributed by atoms with Crippen molar-refractivity contribution >= 4 is 43.8 Å². The van der Waals surface area contributed by atoms with Crippen LogP contribution in [0.1, 0.15) is 0 Å². The van der Waals surface area contributed by atoms with E-state index in [1.807, 2.05) is 0 Å². The van der Waals surface area contributed by atoms with E-state index in [9.17, 15) is 0 Å². The Morgan fingerprint density at radius 3 is 1.83 bits per heavy atom. The summed E-state index contributed by atoms with van der Waals surface area (Å²) in [5.74, 6) is 0.785. The molecule has 0 bridgehead atoms. The summed E-state index contributed by atoms with van der Waals surface area (Å²) >= 11 is 1.45. The molecule has 0 atom stereocenters. The highest BCUT2D eigenvalue weighted by Crippen LogP contribution is 2.31. The molecule has 0 amide bonds. The van der Waals surface area contributed by atoms with Gasteiger partial charge in [-0.2, -0.15) is 4.37 Å². The molecule has 0 fully saturated rings. The maximum absolute atomic E-state index is 4.83. The van der Waals surface area contributed by atoms with Crippen LogP contribution in [0.15, 0.2) is 97.1 Å². The van der Waals surface area contributed by atoms with E-state index >= 15 is 0 Å². The Bertz CT molecular complexity index is 1510. The fourth-order valence-electron chi connectivity index (χ4n) is 3.86. The van der Waals surface area contributed by atoms with Gasteiger partial charge >= 0.3 is 0 Å². The minimum Gasteiger partial charge on any atom is -0.215 e. The molecule has 0 spiro atoms. The minimum atomic E-state index is 0.785. The lowest BCUT2D eigenvalue weighted by molar-refractivity contribution is 1.33. The smallest absolute Gasteiger partial charge is 0.173 e. The first-order valence-corrected chi connectivity index (χ1v) is 10.4. The van der Waals surface area contributed by atoms with E-state index in [1.165, 1.54) is 43.8 Å². The average molecular weight is 388 g/mol. The monoisotopic (exact) mass is 388 g/mol. The van der Waals surface area contributed by atoms with E-state index in [0.717, 1.165) is 22.0 Å². The van der Waals surface area contributed by atoms with E-state index < -0.39 is 0 Å². The molecule has 0 saturated heterocycles. The molecule has 136 valence electrons. The van der Waals surface area contributed by atoms with Crippen LogP contribution < -0.4 is 0 Å². The minimum absolute atomic E-state index is 0.785. The van der Waals surface area contributed by atoms with Gasteiger partial charge in [-0.3, -0.25) is 0 Å². The van der Waals surface area contributed by atoms with E-state index in [2.05, 4.69) is 101 Å². The molecule has 6 aromatic rings. The van der Waals surface area contributed by atoms with E-state index in [4.69, 9.17) is 4.98 Å². The topological polar surface area (TPSA) is 25.8 Å². The molecule has 0 N–H and O–H groups in total. The summed E-state index contributed by atoms with van der Waals surface area (Å²) in [5.41, 5.74) is 2.16. The van der Waals surface area contributed by atoms with Crippen LogP contribution >= 0.6 is 11.5 Å². The van der Waals surface area contributed by atoms with Gasteiger partial charge in [-0.25, -0.2) is 4.98 Å². The summed E-state index contributed by atoms with van der Waals surface area (Å²) in [7, 11) is 0. The van der Waals surface area contributed by atoms with Crippen molar-refractivity contribution in [2.45, 2.75) is 0 Å². The summed E-state index contributed by atoms with van der Waals surface area (Å²) in [6, 6.07) is 34.3. The third kappa shape index (κ3) is 2.87. The summed E-state index contributed by atoms with van der Waals surface area (Å²) in [6.07, 6.45) is 0. The largest absolute Gasteiger partial charge is 0.215 e. The molecule has 0 saturated carbocycles. The number of rotatable bonds is 2. The van der Waals surface area contributed by atoms with E-state index in [1.54, 1.807) is 0 Å². The molecule has 0 unspecified atom stereocenters. The molecule has 29 heavy (non-hydrogen) atoms. The van der Waals surface area contributed by atoms with Crippen molar-refractivity contribution in [1.29, 1.82) is 0 Å². The number of aromatic nitrogens is 2. The first-order chi connectivity index (χ1) is 14.3. The Morgan fingerprint density at radius 1 is 0.483 bits per heavy atom. The van der Waals surface area contributed by atoms with E-state index in [0.29, 0.717) is 0 Å². The van der Waals surface area contributed by atoms with Crippen LogP contribution in [0.3, 0.4) is 0 Å². The summed E-state index contributed by atoms with van der Waals surface area (Å²) in [6.45, 7) is 0. The van der Waals surface area contributed by atoms with Gasteiger partial charge < -0.3 is 0 Å². The SMILES string of the molecule is c1ccc2cc(-c3nc(-c4ccc5cc6ccccc6cc5c4)ns3)ccc2c1. The zero-order chi connectivity index (χ0) is 19.2. The van der Waals surface area contributed by atoms with Gasteiger partial charge in [0, 0.05) is 11.1 Å². The Hall–Kier alpha value is -3.56. The number of nitrogens with zero attached hydrogens (tertiary/aromatic N) is 2. The van der Waals surface area contributed by atoms with Crippen molar-refractivity contribution in [2.24, 2.45) is 0 Å². The van der Waals surface area contributed by atoms with Crippen LogP contribution in [0, 0.1) is 0 Å². The van der Waals surface area contributed by atoms with Gasteiger partial charge in [0.2, 0.25) is 0 Å². The molecule has 3 heteroatoms. The quantitative estimate of drug-likeness (QED) is 0.290. The summed E-state index contributed by atoms with van der Waals surface area (Å²) < 4.78 is 4.64. The first-order valence-electron chi connectivity index (χ1n) is 9.59. The highest BCUT2D eigenvalue weighted by Gasteiger charge is 2.10. The highest BCUT2D eigenvalue weighted by atomic mass is 32.1. The van der Waals surface area contributed by atoms with Crippen molar-refractivity contribution in [3.63, 3.8) is 0 Å². The second-order valence-corrected chi connectivity index (χ2v) is 8.00. The molecule has 0 aliphatic carbocycles. The van der Waals surface area contributed by atoms with Crippen LogP contribution in [-0.4, -0.2) is 9.36 Å². The Kier molecular flexibility index (Phi) is 3.68. The van der Waals surface area contributed by atoms with Crippen LogP contribution in [-0.2, 0) is 0 Å². The molecule has 0 radical (unpaired) electrons. The second-order valence-electron chi connectivity index (χ2n) is 7.25. The van der Waals surface area contributed by atoms with Crippen molar-refractivity contribution in [3.05, 3.63) is 97.1 Å². The lowest BCUT2D eigenvalue weighted by atomic mass is 10.0. The zero-order valence-corrected chi connectivity index (χ0v) is 16.4. The maximum atomic E-state index is 4.83. The van der Waals surface area contributed by atoms with Gasteiger partial charge in [0.25, 0.3) is 0 Å². The Morgan fingerprint density at radius 2 is 1.03 bits per heavy atom. The molecule has 6 rings (SSSR count). The van der Waals surface area contributed by atoms with Crippen LogP contribution in [0.4, 0.5) is 0 Å². The Labute approximate surface area is 172 Å². The number of hydrogen-bond donors (Lipinski definition) is 0. The van der Waals surface area contributed by atoms with E-state index in [-0.39, 0.29) is 0 Å². The van der Waals surface area contributed by atoms with Crippen LogP contribution in [0.25, 0.3) is 54.3 Å². The normalized spacial score (nSPS) is 11.4. The van der Waals surface area contributed by atoms with Crippen molar-refractivity contribution < 1.29 is 0 Å². The highest BCUT2D eigenvalue weighted by molar-refractivity contribution is 7.09. The van der Waals surface area contributed by atoms with Gasteiger partial charge in [0.1, 0.15) is 5.01 Å². The van der Waals surface area contributed by atoms with Gasteiger partial charge in [-0.15, -0.1) is 0 Å². The lowest BCUT2D eigenvalue weighted by Crippen LogP contribution is -1.83. The third-order valence-corrected chi connectivity index (χ3v) is 6.15. The maximum Gasteiger partial charge on any atom is 0.173 e. The summed E-state index contributed by atoms with van der Waals surface area (Å²) in [4.78, 5) is 4.83. The number of benzene rings is 5. The molecule has 2 nitrogen and oxygen atoms in total.